The average molecular weight is 589 g/mol. The molecule has 43 heavy (non-hydrogen) atoms. The van der Waals surface area contributed by atoms with Gasteiger partial charge < -0.3 is 9.47 Å². The van der Waals surface area contributed by atoms with Gasteiger partial charge in [-0.15, -0.1) is 11.3 Å². The molecular formula is C36H28O6S. The van der Waals surface area contributed by atoms with Crippen LogP contribution in [-0.4, -0.2) is 36.3 Å². The number of fused-ring (bicyclic) bond motifs is 11. The highest BCUT2D eigenvalue weighted by Gasteiger charge is 2.30. The Bertz CT molecular complexity index is 1980. The Morgan fingerprint density at radius 1 is 0.558 bits per heavy atom. The number of ether oxygens (including phenoxy) is 2. The highest BCUT2D eigenvalue weighted by Crippen LogP contribution is 2.49. The summed E-state index contributed by atoms with van der Waals surface area (Å²) in [7, 11) is 0. The Hall–Kier alpha value is -4.62. The minimum Gasteiger partial charge on any atom is -0.493 e. The van der Waals surface area contributed by atoms with E-state index in [1.54, 1.807) is 23.5 Å². The third-order valence-electron chi connectivity index (χ3n) is 8.23. The van der Waals surface area contributed by atoms with Crippen molar-refractivity contribution in [1.82, 2.24) is 0 Å². The van der Waals surface area contributed by atoms with Crippen LogP contribution in [-0.2, 0) is 0 Å². The van der Waals surface area contributed by atoms with Gasteiger partial charge in [-0.25, -0.2) is 0 Å². The van der Waals surface area contributed by atoms with Crippen molar-refractivity contribution in [3.8, 4) is 11.5 Å². The van der Waals surface area contributed by atoms with Crippen molar-refractivity contribution in [1.29, 1.82) is 0 Å². The molecule has 0 N–H and O–H groups in total. The number of thiophene rings is 1. The van der Waals surface area contributed by atoms with Crippen LogP contribution in [0.5, 0.6) is 11.5 Å². The summed E-state index contributed by atoms with van der Waals surface area (Å²) in [5.74, 6) is 0.0550. The van der Waals surface area contributed by atoms with Crippen LogP contribution in [0.4, 0.5) is 0 Å². The van der Waals surface area contributed by atoms with Crippen LogP contribution in [0.2, 0.25) is 0 Å². The molecule has 2 aliphatic rings. The molecule has 1 heterocycles. The van der Waals surface area contributed by atoms with Crippen LogP contribution in [0.25, 0.3) is 41.7 Å². The van der Waals surface area contributed by atoms with Crippen LogP contribution in [0.15, 0.2) is 60.7 Å². The lowest BCUT2D eigenvalue weighted by atomic mass is 9.85. The van der Waals surface area contributed by atoms with Gasteiger partial charge in [-0.05, 0) is 73.5 Å². The average Bonchev–Trinajstić information content (AvgIpc) is 3.40. The number of benzene rings is 4. The quantitative estimate of drug-likeness (QED) is 0.169. The van der Waals surface area contributed by atoms with Gasteiger partial charge in [0.1, 0.15) is 11.5 Å². The SMILES string of the molecule is CCCCOc1cc2c(c3c1ccc1sc4ccc5c(OCCCC)cc6c(c5c4c13)C(=O)C=CC6=O)C(=O)C=CC2=O. The summed E-state index contributed by atoms with van der Waals surface area (Å²) in [5.41, 5.74) is 1.27. The lowest BCUT2D eigenvalue weighted by molar-refractivity contribution is 0.0995. The van der Waals surface area contributed by atoms with Crippen LogP contribution < -0.4 is 9.47 Å². The number of carbonyl (C=O) groups excluding carboxylic acids is 4. The van der Waals surface area contributed by atoms with Crippen molar-refractivity contribution in [3.63, 3.8) is 0 Å². The first-order valence-electron chi connectivity index (χ1n) is 14.7. The second-order valence-electron chi connectivity index (χ2n) is 10.9. The summed E-state index contributed by atoms with van der Waals surface area (Å²) in [6, 6.07) is 11.3. The third-order valence-corrected chi connectivity index (χ3v) is 9.35. The number of rotatable bonds is 8. The van der Waals surface area contributed by atoms with Crippen molar-refractivity contribution in [2.45, 2.75) is 39.5 Å². The number of hydrogen-bond acceptors (Lipinski definition) is 7. The van der Waals surface area contributed by atoms with Crippen molar-refractivity contribution in [3.05, 3.63) is 83.0 Å². The van der Waals surface area contributed by atoms with Gasteiger partial charge in [0.2, 0.25) is 0 Å². The van der Waals surface area contributed by atoms with E-state index in [4.69, 9.17) is 9.47 Å². The fourth-order valence-electron chi connectivity index (χ4n) is 6.15. The second-order valence-corrected chi connectivity index (χ2v) is 12.0. The van der Waals surface area contributed by atoms with Gasteiger partial charge in [0.25, 0.3) is 0 Å². The zero-order chi connectivity index (χ0) is 29.8. The van der Waals surface area contributed by atoms with Crippen molar-refractivity contribution in [2.75, 3.05) is 13.2 Å². The van der Waals surface area contributed by atoms with Gasteiger partial charge >= 0.3 is 0 Å². The molecule has 5 aromatic rings. The summed E-state index contributed by atoms with van der Waals surface area (Å²) < 4.78 is 14.2. The molecule has 0 saturated carbocycles. The van der Waals surface area contributed by atoms with Crippen LogP contribution >= 0.6 is 11.3 Å². The first-order chi connectivity index (χ1) is 20.9. The molecular weight excluding hydrogens is 560 g/mol. The molecule has 4 aromatic carbocycles. The van der Waals surface area contributed by atoms with Crippen molar-refractivity contribution >= 4 is 76.2 Å². The summed E-state index contributed by atoms with van der Waals surface area (Å²) in [5, 5.41) is 4.22. The maximum absolute atomic E-state index is 13.5. The van der Waals surface area contributed by atoms with Gasteiger partial charge in [-0.1, -0.05) is 26.7 Å². The van der Waals surface area contributed by atoms with Crippen LogP contribution in [0, 0.1) is 0 Å². The summed E-state index contributed by atoms with van der Waals surface area (Å²) >= 11 is 1.54. The Labute approximate surface area is 251 Å². The number of ketones is 4. The van der Waals surface area contributed by atoms with Crippen LogP contribution in [0.1, 0.15) is 81.0 Å². The smallest absolute Gasteiger partial charge is 0.187 e. The van der Waals surface area contributed by atoms with Crippen molar-refractivity contribution < 1.29 is 28.7 Å². The molecule has 0 amide bonds. The molecule has 6 nitrogen and oxygen atoms in total. The highest BCUT2D eigenvalue weighted by molar-refractivity contribution is 7.26. The zero-order valence-corrected chi connectivity index (χ0v) is 24.7. The molecule has 214 valence electrons. The first-order valence-corrected chi connectivity index (χ1v) is 15.5. The molecule has 0 spiro atoms. The molecule has 7 rings (SSSR count). The summed E-state index contributed by atoms with van der Waals surface area (Å²) in [4.78, 5) is 53.3. The van der Waals surface area contributed by atoms with Gasteiger partial charge in [-0.3, -0.25) is 19.2 Å². The molecule has 0 saturated heterocycles. The van der Waals surface area contributed by atoms with Gasteiger partial charge in [0.15, 0.2) is 23.1 Å². The van der Waals surface area contributed by atoms with E-state index in [-0.39, 0.29) is 23.1 Å². The van der Waals surface area contributed by atoms with E-state index >= 15 is 0 Å². The lowest BCUT2D eigenvalue weighted by Crippen LogP contribution is -2.14. The van der Waals surface area contributed by atoms with E-state index in [0.29, 0.717) is 57.7 Å². The van der Waals surface area contributed by atoms with E-state index in [9.17, 15) is 19.2 Å². The Kier molecular flexibility index (Phi) is 6.70. The van der Waals surface area contributed by atoms with Crippen LogP contribution in [0.3, 0.4) is 0 Å². The topological polar surface area (TPSA) is 86.7 Å². The monoisotopic (exact) mass is 588 g/mol. The number of hydrogen-bond donors (Lipinski definition) is 0. The number of unbranched alkanes of at least 4 members (excludes halogenated alkanes) is 2. The van der Waals surface area contributed by atoms with Gasteiger partial charge in [-0.2, -0.15) is 0 Å². The van der Waals surface area contributed by atoms with Crippen molar-refractivity contribution in [2.24, 2.45) is 0 Å². The predicted octanol–water partition coefficient (Wildman–Crippen LogP) is 8.59. The number of allylic oxidation sites excluding steroid dienone is 4. The minimum absolute atomic E-state index is 0.256. The van der Waals surface area contributed by atoms with E-state index < -0.39 is 0 Å². The summed E-state index contributed by atoms with van der Waals surface area (Å²) in [6.07, 6.45) is 8.84. The van der Waals surface area contributed by atoms with E-state index in [0.717, 1.165) is 56.6 Å². The molecule has 0 atom stereocenters. The largest absolute Gasteiger partial charge is 0.493 e. The van der Waals surface area contributed by atoms with E-state index in [2.05, 4.69) is 13.8 Å². The normalized spacial score (nSPS) is 14.4. The maximum Gasteiger partial charge on any atom is 0.187 e. The van der Waals surface area contributed by atoms with Gasteiger partial charge in [0.05, 0.1) is 13.2 Å². The Balaban J connectivity index is 1.68. The maximum atomic E-state index is 13.5. The summed E-state index contributed by atoms with van der Waals surface area (Å²) in [6.45, 7) is 5.11. The predicted molar refractivity (Wildman–Crippen MR) is 171 cm³/mol. The van der Waals surface area contributed by atoms with E-state index in [1.165, 1.54) is 24.3 Å². The molecule has 2 aliphatic carbocycles. The highest BCUT2D eigenvalue weighted by atomic mass is 32.1. The van der Waals surface area contributed by atoms with E-state index in [1.807, 2.05) is 24.3 Å². The first kappa shape index (κ1) is 27.2. The standard InChI is InChI=1S/C36H28O6S/c1-3-5-15-41-27-17-21-23(37)9-11-25(39)31(21)33-19(27)7-13-29-35(33)36-30(43-29)14-8-20-28(42-16-6-4-2)18-22-24(38)10-12-26(40)32(22)34(20)36/h7-14,17-18H,3-6,15-16H2,1-2H3. The fraction of sp³-hybridized carbons (Fsp3) is 0.222. The zero-order valence-electron chi connectivity index (χ0n) is 23.9. The molecule has 1 aromatic heterocycles. The van der Waals surface area contributed by atoms with Gasteiger partial charge in [0, 0.05) is 64.0 Å². The fourth-order valence-corrected chi connectivity index (χ4v) is 7.28. The number of carbonyl (C=O) groups is 4. The minimum atomic E-state index is -0.258. The Morgan fingerprint density at radius 3 is 1.40 bits per heavy atom. The molecule has 0 bridgehead atoms. The third kappa shape index (κ3) is 4.21. The second kappa shape index (κ2) is 10.6. The Morgan fingerprint density at radius 2 is 0.977 bits per heavy atom. The molecule has 0 radical (unpaired) electrons. The molecule has 0 fully saturated rings. The molecule has 0 unspecified atom stereocenters. The lowest BCUT2D eigenvalue weighted by Gasteiger charge is -2.19. The molecule has 0 aliphatic heterocycles. The molecule has 7 heteroatoms.